The third-order valence-electron chi connectivity index (χ3n) is 3.93. The van der Waals surface area contributed by atoms with Crippen molar-refractivity contribution in [2.45, 2.75) is 11.3 Å². The van der Waals surface area contributed by atoms with Gasteiger partial charge in [-0.25, -0.2) is 18.0 Å². The normalized spacial score (nSPS) is 17.9. The number of aliphatic carboxylic acids is 1. The molecule has 1 unspecified atom stereocenters. The van der Waals surface area contributed by atoms with Crippen LogP contribution >= 0.6 is 0 Å². The molecule has 25 heavy (non-hydrogen) atoms. The molecule has 0 radical (unpaired) electrons. The number of ether oxygens (including phenoxy) is 2. The van der Waals surface area contributed by atoms with E-state index in [0.717, 1.165) is 30.7 Å². The molecule has 1 fully saturated rings. The number of benzene rings is 1. The number of carboxylic acids is 1. The van der Waals surface area contributed by atoms with Crippen LogP contribution in [0.15, 0.2) is 23.1 Å². The van der Waals surface area contributed by atoms with E-state index in [1.165, 1.54) is 6.07 Å². The van der Waals surface area contributed by atoms with Gasteiger partial charge in [0, 0.05) is 13.1 Å². The van der Waals surface area contributed by atoms with E-state index in [-0.39, 0.29) is 30.6 Å². The largest absolute Gasteiger partial charge is 0.481 e. The minimum absolute atomic E-state index is 0.00235. The van der Waals surface area contributed by atoms with Gasteiger partial charge in [0.15, 0.2) is 0 Å². The van der Waals surface area contributed by atoms with E-state index < -0.39 is 38.7 Å². The zero-order chi connectivity index (χ0) is 18.8. The van der Waals surface area contributed by atoms with Crippen LogP contribution in [0.5, 0.6) is 0 Å². The van der Waals surface area contributed by atoms with E-state index in [0.29, 0.717) is 0 Å². The molecule has 0 aliphatic carbocycles. The van der Waals surface area contributed by atoms with Gasteiger partial charge in [-0.2, -0.15) is 4.31 Å². The summed E-state index contributed by atoms with van der Waals surface area (Å²) in [6.45, 7) is -0.205. The van der Waals surface area contributed by atoms with Gasteiger partial charge in [0.25, 0.3) is 0 Å². The molecule has 1 atom stereocenters. The topological polar surface area (TPSA) is 127 Å². The van der Waals surface area contributed by atoms with Crippen LogP contribution in [-0.4, -0.2) is 63.0 Å². The first-order valence-corrected chi connectivity index (χ1v) is 8.70. The second-order valence-electron chi connectivity index (χ2n) is 5.38. The Morgan fingerprint density at radius 1 is 1.16 bits per heavy atom. The Hall–Kier alpha value is -2.46. The second kappa shape index (κ2) is 7.19. The number of sulfonamides is 1. The van der Waals surface area contributed by atoms with Crippen LogP contribution in [0, 0.1) is 5.92 Å². The Bertz CT molecular complexity index is 817. The summed E-state index contributed by atoms with van der Waals surface area (Å²) < 4.78 is 35.9. The molecule has 0 spiro atoms. The van der Waals surface area contributed by atoms with Crippen molar-refractivity contribution in [3.05, 3.63) is 29.3 Å². The Morgan fingerprint density at radius 3 is 2.32 bits per heavy atom. The Morgan fingerprint density at radius 2 is 1.80 bits per heavy atom. The SMILES string of the molecule is COC(=O)c1ccc(C(=O)OC)c(S(=O)(=O)N2CCC(C(=O)O)C2)c1. The zero-order valence-electron chi connectivity index (χ0n) is 13.6. The third kappa shape index (κ3) is 3.64. The summed E-state index contributed by atoms with van der Waals surface area (Å²) in [4.78, 5) is 34.2. The lowest BCUT2D eigenvalue weighted by Gasteiger charge is -2.18. The van der Waals surface area contributed by atoms with Crippen LogP contribution < -0.4 is 0 Å². The number of carbonyl (C=O) groups excluding carboxylic acids is 2. The summed E-state index contributed by atoms with van der Waals surface area (Å²) in [6, 6.07) is 3.44. The highest BCUT2D eigenvalue weighted by Gasteiger charge is 2.38. The van der Waals surface area contributed by atoms with Gasteiger partial charge in [0.2, 0.25) is 10.0 Å². The summed E-state index contributed by atoms with van der Waals surface area (Å²) >= 11 is 0. The van der Waals surface area contributed by atoms with Gasteiger partial charge >= 0.3 is 17.9 Å². The molecular weight excluding hydrogens is 354 g/mol. The highest BCUT2D eigenvalue weighted by Crippen LogP contribution is 2.28. The van der Waals surface area contributed by atoms with Crippen molar-refractivity contribution in [2.75, 3.05) is 27.3 Å². The molecule has 0 amide bonds. The number of hydrogen-bond acceptors (Lipinski definition) is 7. The highest BCUT2D eigenvalue weighted by atomic mass is 32.2. The lowest BCUT2D eigenvalue weighted by molar-refractivity contribution is -0.141. The fraction of sp³-hybridized carbons (Fsp3) is 0.400. The van der Waals surface area contributed by atoms with Crippen LogP contribution in [0.3, 0.4) is 0 Å². The molecule has 1 N–H and O–H groups in total. The number of carbonyl (C=O) groups is 3. The van der Waals surface area contributed by atoms with Gasteiger partial charge in [0.1, 0.15) is 0 Å². The summed E-state index contributed by atoms with van der Waals surface area (Å²) in [7, 11) is -1.95. The fourth-order valence-corrected chi connectivity index (χ4v) is 4.25. The molecule has 1 aromatic carbocycles. The summed E-state index contributed by atoms with van der Waals surface area (Å²) in [5.41, 5.74) is -0.295. The number of carboxylic acid groups (broad SMARTS) is 1. The monoisotopic (exact) mass is 371 g/mol. The number of methoxy groups -OCH3 is 2. The molecule has 0 bridgehead atoms. The van der Waals surface area contributed by atoms with Crippen LogP contribution in [0.2, 0.25) is 0 Å². The number of rotatable bonds is 5. The molecule has 0 aromatic heterocycles. The predicted octanol–water partition coefficient (Wildman–Crippen LogP) is 0.355. The van der Waals surface area contributed by atoms with Crippen LogP contribution in [-0.2, 0) is 24.3 Å². The van der Waals surface area contributed by atoms with Crippen LogP contribution in [0.25, 0.3) is 0 Å². The zero-order valence-corrected chi connectivity index (χ0v) is 14.4. The molecule has 0 saturated carbocycles. The molecule has 1 saturated heterocycles. The molecule has 1 heterocycles. The Kier molecular flexibility index (Phi) is 5.43. The number of esters is 2. The van der Waals surface area contributed by atoms with Crippen molar-refractivity contribution in [3.8, 4) is 0 Å². The van der Waals surface area contributed by atoms with Crippen molar-refractivity contribution in [3.63, 3.8) is 0 Å². The van der Waals surface area contributed by atoms with Crippen molar-refractivity contribution >= 4 is 27.9 Å². The maximum atomic E-state index is 12.9. The maximum Gasteiger partial charge on any atom is 0.339 e. The number of hydrogen-bond donors (Lipinski definition) is 1. The molecule has 1 aliphatic heterocycles. The maximum absolute atomic E-state index is 12.9. The lowest BCUT2D eigenvalue weighted by Crippen LogP contribution is -2.31. The van der Waals surface area contributed by atoms with Crippen molar-refractivity contribution in [2.24, 2.45) is 5.92 Å². The van der Waals surface area contributed by atoms with Gasteiger partial charge < -0.3 is 14.6 Å². The van der Waals surface area contributed by atoms with Crippen molar-refractivity contribution in [1.82, 2.24) is 4.31 Å². The summed E-state index contributed by atoms with van der Waals surface area (Å²) in [5.74, 6) is -3.56. The van der Waals surface area contributed by atoms with E-state index in [4.69, 9.17) is 5.11 Å². The Balaban J connectivity index is 2.52. The fourth-order valence-electron chi connectivity index (χ4n) is 2.55. The van der Waals surface area contributed by atoms with Gasteiger partial charge in [-0.05, 0) is 24.6 Å². The quantitative estimate of drug-likeness (QED) is 0.735. The van der Waals surface area contributed by atoms with Crippen LogP contribution in [0.1, 0.15) is 27.1 Å². The predicted molar refractivity (Wildman–Crippen MR) is 83.6 cm³/mol. The van der Waals surface area contributed by atoms with Crippen molar-refractivity contribution < 1.29 is 37.4 Å². The van der Waals surface area contributed by atoms with E-state index in [1.54, 1.807) is 0 Å². The van der Waals surface area contributed by atoms with Crippen molar-refractivity contribution in [1.29, 1.82) is 0 Å². The van der Waals surface area contributed by atoms with Gasteiger partial charge in [0.05, 0.1) is 36.2 Å². The first kappa shape index (κ1) is 18.9. The molecule has 10 heteroatoms. The average Bonchev–Trinajstić information content (AvgIpc) is 3.11. The van der Waals surface area contributed by atoms with E-state index in [9.17, 15) is 22.8 Å². The van der Waals surface area contributed by atoms with Gasteiger partial charge in [-0.1, -0.05) is 0 Å². The summed E-state index contributed by atoms with van der Waals surface area (Å²) in [6.07, 6.45) is 0.165. The molecule has 9 nitrogen and oxygen atoms in total. The minimum Gasteiger partial charge on any atom is -0.481 e. The van der Waals surface area contributed by atoms with Gasteiger partial charge in [-0.3, -0.25) is 4.79 Å². The van der Waals surface area contributed by atoms with Crippen LogP contribution in [0.4, 0.5) is 0 Å². The molecule has 2 rings (SSSR count). The Labute approximate surface area is 144 Å². The lowest BCUT2D eigenvalue weighted by atomic mass is 10.1. The smallest absolute Gasteiger partial charge is 0.339 e. The minimum atomic E-state index is -4.19. The molecule has 136 valence electrons. The highest BCUT2D eigenvalue weighted by molar-refractivity contribution is 7.89. The van der Waals surface area contributed by atoms with E-state index >= 15 is 0 Å². The first-order valence-electron chi connectivity index (χ1n) is 7.26. The molecule has 1 aliphatic rings. The van der Waals surface area contributed by atoms with Gasteiger partial charge in [-0.15, -0.1) is 0 Å². The number of nitrogens with zero attached hydrogens (tertiary/aromatic N) is 1. The average molecular weight is 371 g/mol. The van der Waals surface area contributed by atoms with E-state index in [1.807, 2.05) is 0 Å². The molecule has 1 aromatic rings. The van der Waals surface area contributed by atoms with E-state index in [2.05, 4.69) is 9.47 Å². The summed E-state index contributed by atoms with van der Waals surface area (Å²) in [5, 5.41) is 9.04. The molecular formula is C15H17NO8S. The standard InChI is InChI=1S/C15H17NO8S/c1-23-14(19)9-3-4-11(15(20)24-2)12(7-9)25(21,22)16-6-5-10(8-16)13(17)18/h3-4,7,10H,5-6,8H2,1-2H3,(H,17,18). The third-order valence-corrected chi connectivity index (χ3v) is 5.83. The first-order chi connectivity index (χ1) is 11.7. The second-order valence-corrected chi connectivity index (χ2v) is 7.29.